The summed E-state index contributed by atoms with van der Waals surface area (Å²) < 4.78 is 4.68. The minimum Gasteiger partial charge on any atom is -0.465 e. The first-order chi connectivity index (χ1) is 10.0. The van der Waals surface area contributed by atoms with Crippen LogP contribution >= 0.6 is 0 Å². The summed E-state index contributed by atoms with van der Waals surface area (Å²) in [5.74, 6) is -1.15. The summed E-state index contributed by atoms with van der Waals surface area (Å²) in [6.07, 6.45) is 1.44. The number of pyridine rings is 1. The van der Waals surface area contributed by atoms with Crippen LogP contribution in [0.5, 0.6) is 0 Å². The van der Waals surface area contributed by atoms with Gasteiger partial charge in [0.05, 0.1) is 18.4 Å². The number of methoxy groups -OCH3 is 1. The molecule has 0 saturated carbocycles. The van der Waals surface area contributed by atoms with Gasteiger partial charge in [0.15, 0.2) is 0 Å². The van der Waals surface area contributed by atoms with Gasteiger partial charge in [0.2, 0.25) is 0 Å². The number of ether oxygens (including phenoxy) is 1. The zero-order valence-electron chi connectivity index (χ0n) is 11.6. The third kappa shape index (κ3) is 3.17. The van der Waals surface area contributed by atoms with Crippen LogP contribution in [-0.4, -0.2) is 24.0 Å². The number of aryl methyl sites for hydroxylation is 1. The van der Waals surface area contributed by atoms with Crippen molar-refractivity contribution in [2.24, 2.45) is 0 Å². The van der Waals surface area contributed by atoms with Crippen LogP contribution in [-0.2, 0) is 4.74 Å². The number of amides is 1. The maximum absolute atomic E-state index is 12.1. The van der Waals surface area contributed by atoms with Gasteiger partial charge in [-0.25, -0.2) is 4.79 Å². The minimum atomic E-state index is -0.592. The van der Waals surface area contributed by atoms with E-state index in [1.807, 2.05) is 6.92 Å². The van der Waals surface area contributed by atoms with Crippen molar-refractivity contribution in [3.05, 3.63) is 63.6 Å². The van der Waals surface area contributed by atoms with Gasteiger partial charge in [0.25, 0.3) is 11.5 Å². The monoisotopic (exact) mass is 286 g/mol. The summed E-state index contributed by atoms with van der Waals surface area (Å²) in [6, 6.07) is 7.90. The van der Waals surface area contributed by atoms with E-state index in [4.69, 9.17) is 0 Å². The molecule has 21 heavy (non-hydrogen) atoms. The lowest BCUT2D eigenvalue weighted by Gasteiger charge is -2.10. The number of rotatable bonds is 3. The van der Waals surface area contributed by atoms with Crippen LogP contribution in [0.15, 0.2) is 41.3 Å². The van der Waals surface area contributed by atoms with Crippen LogP contribution in [0.3, 0.4) is 0 Å². The highest BCUT2D eigenvalue weighted by Crippen LogP contribution is 2.19. The molecule has 1 amide bonds. The van der Waals surface area contributed by atoms with Crippen LogP contribution in [0, 0.1) is 6.92 Å². The van der Waals surface area contributed by atoms with E-state index in [1.165, 1.54) is 19.4 Å². The van der Waals surface area contributed by atoms with Crippen molar-refractivity contribution in [2.75, 3.05) is 12.4 Å². The number of hydrogen-bond donors (Lipinski definition) is 2. The fraction of sp³-hybridized carbons (Fsp3) is 0.133. The Labute approximate surface area is 120 Å². The van der Waals surface area contributed by atoms with Gasteiger partial charge in [-0.15, -0.1) is 0 Å². The lowest BCUT2D eigenvalue weighted by molar-refractivity contribution is 0.0602. The molecule has 0 unspecified atom stereocenters. The van der Waals surface area contributed by atoms with E-state index in [2.05, 4.69) is 15.0 Å². The maximum Gasteiger partial charge on any atom is 0.339 e. The van der Waals surface area contributed by atoms with Crippen molar-refractivity contribution in [3.8, 4) is 0 Å². The molecule has 0 aliphatic carbocycles. The Morgan fingerprint density at radius 1 is 1.19 bits per heavy atom. The largest absolute Gasteiger partial charge is 0.465 e. The molecule has 0 bridgehead atoms. The number of aromatic amines is 1. The van der Waals surface area contributed by atoms with Crippen LogP contribution in [0.4, 0.5) is 5.69 Å². The third-order valence-corrected chi connectivity index (χ3v) is 2.89. The maximum atomic E-state index is 12.1. The summed E-state index contributed by atoms with van der Waals surface area (Å²) in [6.45, 7) is 1.82. The Morgan fingerprint density at radius 2 is 1.95 bits per heavy atom. The topological polar surface area (TPSA) is 88.3 Å². The highest BCUT2D eigenvalue weighted by Gasteiger charge is 2.16. The number of carbonyl (C=O) groups is 2. The minimum absolute atomic E-state index is 0.0334. The second-order valence-corrected chi connectivity index (χ2v) is 4.41. The van der Waals surface area contributed by atoms with Gasteiger partial charge in [-0.3, -0.25) is 9.59 Å². The lowest BCUT2D eigenvalue weighted by atomic mass is 10.1. The number of nitrogens with one attached hydrogen (secondary N) is 2. The Morgan fingerprint density at radius 3 is 2.62 bits per heavy atom. The molecule has 0 saturated heterocycles. The molecule has 0 radical (unpaired) electrons. The van der Waals surface area contributed by atoms with E-state index < -0.39 is 17.4 Å². The van der Waals surface area contributed by atoms with Crippen molar-refractivity contribution >= 4 is 17.6 Å². The quantitative estimate of drug-likeness (QED) is 0.841. The molecule has 1 heterocycles. The fourth-order valence-electron chi connectivity index (χ4n) is 1.84. The van der Waals surface area contributed by atoms with Crippen LogP contribution < -0.4 is 10.9 Å². The SMILES string of the molecule is COC(=O)c1cc(C)ccc1NC(=O)c1ccc[nH]c1=O. The molecule has 6 heteroatoms. The average molecular weight is 286 g/mol. The van der Waals surface area contributed by atoms with Gasteiger partial charge in [0.1, 0.15) is 5.56 Å². The first kappa shape index (κ1) is 14.5. The van der Waals surface area contributed by atoms with E-state index in [9.17, 15) is 14.4 Å². The predicted octanol–water partition coefficient (Wildman–Crippen LogP) is 1.72. The van der Waals surface area contributed by atoms with E-state index in [-0.39, 0.29) is 11.1 Å². The van der Waals surface area contributed by atoms with Crippen molar-refractivity contribution in [2.45, 2.75) is 6.92 Å². The Bertz CT molecular complexity index is 749. The van der Waals surface area contributed by atoms with Gasteiger partial charge in [-0.2, -0.15) is 0 Å². The smallest absolute Gasteiger partial charge is 0.339 e. The molecule has 0 aliphatic heterocycles. The molecule has 2 aromatic rings. The highest BCUT2D eigenvalue weighted by molar-refractivity contribution is 6.07. The second kappa shape index (κ2) is 6.04. The molecule has 6 nitrogen and oxygen atoms in total. The number of carbonyl (C=O) groups excluding carboxylic acids is 2. The van der Waals surface area contributed by atoms with Crippen molar-refractivity contribution < 1.29 is 14.3 Å². The molecule has 0 spiro atoms. The van der Waals surface area contributed by atoms with E-state index in [1.54, 1.807) is 24.3 Å². The van der Waals surface area contributed by atoms with Gasteiger partial charge in [-0.1, -0.05) is 11.6 Å². The van der Waals surface area contributed by atoms with E-state index in [0.29, 0.717) is 5.69 Å². The molecule has 1 aromatic carbocycles. The number of H-pyrrole nitrogens is 1. The summed E-state index contributed by atoms with van der Waals surface area (Å²) >= 11 is 0. The number of aromatic nitrogens is 1. The van der Waals surface area contributed by atoms with Crippen LogP contribution in [0.25, 0.3) is 0 Å². The summed E-state index contributed by atoms with van der Waals surface area (Å²) in [7, 11) is 1.26. The summed E-state index contributed by atoms with van der Waals surface area (Å²) in [4.78, 5) is 37.8. The highest BCUT2D eigenvalue weighted by atomic mass is 16.5. The van der Waals surface area contributed by atoms with Crippen molar-refractivity contribution in [3.63, 3.8) is 0 Å². The predicted molar refractivity (Wildman–Crippen MR) is 77.5 cm³/mol. The standard InChI is InChI=1S/C15H14N2O4/c1-9-5-6-12(11(8-9)15(20)21-2)17-14(19)10-4-3-7-16-13(10)18/h3-8H,1-2H3,(H,16,18)(H,17,19). The Hall–Kier alpha value is -2.89. The van der Waals surface area contributed by atoms with Gasteiger partial charge < -0.3 is 15.0 Å². The van der Waals surface area contributed by atoms with Gasteiger partial charge in [-0.05, 0) is 31.2 Å². The molecule has 0 atom stereocenters. The molecule has 0 aliphatic rings. The fourth-order valence-corrected chi connectivity index (χ4v) is 1.84. The average Bonchev–Trinajstić information content (AvgIpc) is 2.48. The molecular weight excluding hydrogens is 272 g/mol. The summed E-state index contributed by atoms with van der Waals surface area (Å²) in [5, 5.41) is 2.55. The molecule has 2 rings (SSSR count). The van der Waals surface area contributed by atoms with Gasteiger partial charge in [0, 0.05) is 6.20 Å². The first-order valence-corrected chi connectivity index (χ1v) is 6.21. The molecule has 0 fully saturated rings. The number of esters is 1. The van der Waals surface area contributed by atoms with Crippen LogP contribution in [0.2, 0.25) is 0 Å². The molecule has 2 N–H and O–H groups in total. The van der Waals surface area contributed by atoms with E-state index in [0.717, 1.165) is 5.56 Å². The lowest BCUT2D eigenvalue weighted by Crippen LogP contribution is -2.23. The normalized spacial score (nSPS) is 10.0. The Kier molecular flexibility index (Phi) is 4.18. The Balaban J connectivity index is 2.36. The zero-order chi connectivity index (χ0) is 15.4. The second-order valence-electron chi connectivity index (χ2n) is 4.41. The number of benzene rings is 1. The van der Waals surface area contributed by atoms with Crippen LogP contribution in [0.1, 0.15) is 26.3 Å². The molecule has 1 aromatic heterocycles. The number of hydrogen-bond acceptors (Lipinski definition) is 4. The third-order valence-electron chi connectivity index (χ3n) is 2.89. The molecule has 108 valence electrons. The van der Waals surface area contributed by atoms with E-state index >= 15 is 0 Å². The summed E-state index contributed by atoms with van der Waals surface area (Å²) in [5.41, 5.74) is 0.848. The zero-order valence-corrected chi connectivity index (χ0v) is 11.6. The van der Waals surface area contributed by atoms with Gasteiger partial charge >= 0.3 is 5.97 Å². The number of anilines is 1. The van der Waals surface area contributed by atoms with Crippen molar-refractivity contribution in [1.29, 1.82) is 0 Å². The first-order valence-electron chi connectivity index (χ1n) is 6.21. The van der Waals surface area contributed by atoms with Crippen molar-refractivity contribution in [1.82, 2.24) is 4.98 Å². The molecular formula is C15H14N2O4.